The summed E-state index contributed by atoms with van der Waals surface area (Å²) >= 11 is 0. The van der Waals surface area contributed by atoms with Crippen molar-refractivity contribution in [3.63, 3.8) is 0 Å². The number of halogens is 3. The van der Waals surface area contributed by atoms with Crippen molar-refractivity contribution in [3.05, 3.63) is 23.4 Å². The van der Waals surface area contributed by atoms with Crippen molar-refractivity contribution in [2.75, 3.05) is 37.6 Å². The first-order chi connectivity index (χ1) is 14.3. The average Bonchev–Trinajstić information content (AvgIpc) is 3.19. The van der Waals surface area contributed by atoms with E-state index >= 15 is 0 Å². The number of anilines is 1. The van der Waals surface area contributed by atoms with Crippen molar-refractivity contribution in [2.24, 2.45) is 11.7 Å². The Labute approximate surface area is 173 Å². The maximum absolute atomic E-state index is 13.3. The molecule has 3 fully saturated rings. The van der Waals surface area contributed by atoms with Gasteiger partial charge in [-0.05, 0) is 31.7 Å². The van der Waals surface area contributed by atoms with Gasteiger partial charge < -0.3 is 20.4 Å². The molecule has 3 aliphatic rings. The lowest BCUT2D eigenvalue weighted by Gasteiger charge is -2.41. The second-order valence-corrected chi connectivity index (χ2v) is 8.38. The number of amides is 2. The Morgan fingerprint density at radius 2 is 1.87 bits per heavy atom. The number of hydrogen-bond donors (Lipinski definition) is 1. The summed E-state index contributed by atoms with van der Waals surface area (Å²) in [6.07, 6.45) is -0.173. The van der Waals surface area contributed by atoms with Crippen molar-refractivity contribution < 1.29 is 22.8 Å². The van der Waals surface area contributed by atoms with E-state index in [0.717, 1.165) is 18.7 Å². The highest BCUT2D eigenvalue weighted by Crippen LogP contribution is 2.39. The van der Waals surface area contributed by atoms with Crippen LogP contribution in [0.25, 0.3) is 0 Å². The van der Waals surface area contributed by atoms with E-state index < -0.39 is 17.8 Å². The minimum Gasteiger partial charge on any atom is -0.353 e. The lowest BCUT2D eigenvalue weighted by atomic mass is 9.80. The van der Waals surface area contributed by atoms with Gasteiger partial charge in [-0.2, -0.15) is 13.2 Å². The number of rotatable bonds is 4. The number of carbonyl (C=O) groups excluding carboxylic acids is 2. The Balaban J connectivity index is 1.53. The molecule has 1 atom stereocenters. The first-order valence-corrected chi connectivity index (χ1v) is 10.4. The number of piperazine rings is 1. The number of alkyl halides is 3. The van der Waals surface area contributed by atoms with Gasteiger partial charge in [0.25, 0.3) is 0 Å². The minimum atomic E-state index is -4.50. The molecule has 1 aliphatic carbocycles. The Hall–Kier alpha value is -2.36. The maximum Gasteiger partial charge on any atom is 0.417 e. The molecule has 3 heterocycles. The predicted octanol–water partition coefficient (Wildman–Crippen LogP) is 1.78. The number of hydrogen-bond acceptors (Lipinski definition) is 5. The maximum atomic E-state index is 13.3. The van der Waals surface area contributed by atoms with Gasteiger partial charge in [0, 0.05) is 56.4 Å². The molecular formula is C20H26F3N5O2. The summed E-state index contributed by atoms with van der Waals surface area (Å²) in [5, 5.41) is 0. The SMILES string of the molecule is NC1CC(C(=O)N2CCN(c3ncc(C(F)(F)F)cc3C3CCCN3C=O)CC2)C1. The van der Waals surface area contributed by atoms with Crippen LogP contribution in [0, 0.1) is 5.92 Å². The highest BCUT2D eigenvalue weighted by molar-refractivity contribution is 5.80. The molecule has 1 unspecified atom stereocenters. The van der Waals surface area contributed by atoms with E-state index in [1.165, 1.54) is 0 Å². The minimum absolute atomic E-state index is 0.00839. The smallest absolute Gasteiger partial charge is 0.353 e. The summed E-state index contributed by atoms with van der Waals surface area (Å²) in [7, 11) is 0. The van der Waals surface area contributed by atoms with Crippen LogP contribution in [-0.4, -0.2) is 65.9 Å². The molecule has 2 saturated heterocycles. The highest BCUT2D eigenvalue weighted by atomic mass is 19.4. The summed E-state index contributed by atoms with van der Waals surface area (Å²) in [5.41, 5.74) is 5.40. The molecular weight excluding hydrogens is 399 g/mol. The van der Waals surface area contributed by atoms with Gasteiger partial charge in [-0.15, -0.1) is 0 Å². The molecule has 2 aliphatic heterocycles. The molecule has 164 valence electrons. The third-order valence-corrected chi connectivity index (χ3v) is 6.43. The van der Waals surface area contributed by atoms with Crippen LogP contribution in [0.1, 0.15) is 42.9 Å². The zero-order chi connectivity index (χ0) is 21.5. The van der Waals surface area contributed by atoms with Gasteiger partial charge in [0.15, 0.2) is 0 Å². The van der Waals surface area contributed by atoms with E-state index in [0.29, 0.717) is 69.8 Å². The molecule has 2 amide bonds. The second kappa shape index (κ2) is 8.05. The van der Waals surface area contributed by atoms with E-state index in [1.54, 1.807) is 4.90 Å². The summed E-state index contributed by atoms with van der Waals surface area (Å²) in [4.78, 5) is 33.4. The summed E-state index contributed by atoms with van der Waals surface area (Å²) in [5.74, 6) is 0.574. The van der Waals surface area contributed by atoms with Crippen LogP contribution in [0.5, 0.6) is 0 Å². The van der Waals surface area contributed by atoms with Crippen molar-refractivity contribution in [3.8, 4) is 0 Å². The number of nitrogens with zero attached hydrogens (tertiary/aromatic N) is 4. The summed E-state index contributed by atoms with van der Waals surface area (Å²) in [6, 6.07) is 0.817. The summed E-state index contributed by atoms with van der Waals surface area (Å²) < 4.78 is 39.9. The third kappa shape index (κ3) is 3.97. The van der Waals surface area contributed by atoms with Crippen LogP contribution < -0.4 is 10.6 Å². The number of carbonyl (C=O) groups is 2. The molecule has 0 aromatic carbocycles. The Morgan fingerprint density at radius 1 is 1.17 bits per heavy atom. The lowest BCUT2D eigenvalue weighted by Crippen LogP contribution is -2.54. The fourth-order valence-electron chi connectivity index (χ4n) is 4.65. The molecule has 7 nitrogen and oxygen atoms in total. The number of nitrogens with two attached hydrogens (primary N) is 1. The normalized spacial score (nSPS) is 27.2. The monoisotopic (exact) mass is 425 g/mol. The molecule has 0 radical (unpaired) electrons. The highest BCUT2D eigenvalue weighted by Gasteiger charge is 2.38. The van der Waals surface area contributed by atoms with Gasteiger partial charge in [0.2, 0.25) is 12.3 Å². The predicted molar refractivity (Wildman–Crippen MR) is 103 cm³/mol. The van der Waals surface area contributed by atoms with Gasteiger partial charge >= 0.3 is 6.18 Å². The Kier molecular flexibility index (Phi) is 5.61. The van der Waals surface area contributed by atoms with Crippen LogP contribution in [0.4, 0.5) is 19.0 Å². The van der Waals surface area contributed by atoms with Gasteiger partial charge in [-0.1, -0.05) is 0 Å². The second-order valence-electron chi connectivity index (χ2n) is 8.38. The topological polar surface area (TPSA) is 82.8 Å². The summed E-state index contributed by atoms with van der Waals surface area (Å²) in [6.45, 7) is 2.49. The zero-order valence-electron chi connectivity index (χ0n) is 16.6. The van der Waals surface area contributed by atoms with Crippen molar-refractivity contribution in [1.29, 1.82) is 0 Å². The molecule has 4 rings (SSSR count). The van der Waals surface area contributed by atoms with Gasteiger partial charge in [-0.25, -0.2) is 4.98 Å². The van der Waals surface area contributed by atoms with Crippen LogP contribution in [0.15, 0.2) is 12.3 Å². The number of likely N-dealkylation sites (tertiary alicyclic amines) is 1. The fraction of sp³-hybridized carbons (Fsp3) is 0.650. The van der Waals surface area contributed by atoms with Crippen LogP contribution >= 0.6 is 0 Å². The molecule has 1 aromatic heterocycles. The molecule has 1 saturated carbocycles. The number of aromatic nitrogens is 1. The Bertz CT molecular complexity index is 804. The van der Waals surface area contributed by atoms with Crippen LogP contribution in [0.3, 0.4) is 0 Å². The van der Waals surface area contributed by atoms with E-state index in [2.05, 4.69) is 4.98 Å². The molecule has 2 N–H and O–H groups in total. The lowest BCUT2D eigenvalue weighted by molar-refractivity contribution is -0.139. The molecule has 0 spiro atoms. The molecule has 0 bridgehead atoms. The molecule has 10 heteroatoms. The van der Waals surface area contributed by atoms with Gasteiger partial charge in [0.1, 0.15) is 5.82 Å². The quantitative estimate of drug-likeness (QED) is 0.744. The fourth-order valence-corrected chi connectivity index (χ4v) is 4.65. The number of pyridine rings is 1. The van der Waals surface area contributed by atoms with E-state index in [-0.39, 0.29) is 17.9 Å². The van der Waals surface area contributed by atoms with Crippen LogP contribution in [-0.2, 0) is 15.8 Å². The third-order valence-electron chi connectivity index (χ3n) is 6.43. The molecule has 1 aromatic rings. The first kappa shape index (κ1) is 20.9. The largest absolute Gasteiger partial charge is 0.417 e. The van der Waals surface area contributed by atoms with Gasteiger partial charge in [0.05, 0.1) is 11.6 Å². The van der Waals surface area contributed by atoms with Crippen molar-refractivity contribution in [2.45, 2.75) is 43.9 Å². The molecule has 30 heavy (non-hydrogen) atoms. The van der Waals surface area contributed by atoms with E-state index in [1.807, 2.05) is 9.80 Å². The average molecular weight is 425 g/mol. The standard InChI is InChI=1S/C20H26F3N5O2/c21-20(22,23)14-10-16(17-2-1-3-28(17)12-29)18(25-11-14)26-4-6-27(7-5-26)19(30)13-8-15(24)9-13/h10-13,15,17H,1-9,24H2. The van der Waals surface area contributed by atoms with Gasteiger partial charge in [-0.3, -0.25) is 9.59 Å². The Morgan fingerprint density at radius 3 is 2.47 bits per heavy atom. The zero-order valence-corrected chi connectivity index (χ0v) is 16.6. The van der Waals surface area contributed by atoms with E-state index in [4.69, 9.17) is 5.73 Å². The van der Waals surface area contributed by atoms with E-state index in [9.17, 15) is 22.8 Å². The van der Waals surface area contributed by atoms with Crippen LogP contribution in [0.2, 0.25) is 0 Å². The first-order valence-electron chi connectivity index (χ1n) is 10.4. The van der Waals surface area contributed by atoms with Crippen molar-refractivity contribution in [1.82, 2.24) is 14.8 Å². The van der Waals surface area contributed by atoms with Crippen molar-refractivity contribution >= 4 is 18.1 Å².